The number of Topliss-reactive ketones (excluding diaryl/α,β-unsaturated/α-hetero) is 1. The Kier molecular flexibility index (Phi) is 3.41. The van der Waals surface area contributed by atoms with E-state index in [-0.39, 0.29) is 6.61 Å². The number of carbonyl (C=O) groups is 2. The first-order valence-corrected chi connectivity index (χ1v) is 6.64. The van der Waals surface area contributed by atoms with Gasteiger partial charge >= 0.3 is 5.97 Å². The number of rotatable bonds is 4. The van der Waals surface area contributed by atoms with Crippen molar-refractivity contribution in [2.24, 2.45) is 0 Å². The van der Waals surface area contributed by atoms with Crippen LogP contribution >= 0.6 is 0 Å². The monoisotopic (exact) mass is 176 g/mol. The van der Waals surface area contributed by atoms with Crippen molar-refractivity contribution in [3.8, 4) is 0 Å². The molecule has 0 aliphatic rings. The Balaban J connectivity index is 3.73. The van der Waals surface area contributed by atoms with Crippen LogP contribution in [-0.2, 0) is 14.0 Å². The summed E-state index contributed by atoms with van der Waals surface area (Å²) in [4.78, 5) is 20.5. The van der Waals surface area contributed by atoms with Crippen LogP contribution in [0.4, 0.5) is 0 Å². The maximum Gasteiger partial charge on any atom is 0.374 e. The Morgan fingerprint density at radius 3 is 2.09 bits per heavy atom. The molecule has 0 amide bonds. The molecule has 64 valence electrons. The van der Waals surface area contributed by atoms with Gasteiger partial charge in [0.1, 0.15) is 6.61 Å². The Bertz CT molecular complexity index is 170. The predicted octanol–water partition coefficient (Wildman–Crippen LogP) is 0.492. The van der Waals surface area contributed by atoms with Gasteiger partial charge in [-0.3, -0.25) is 4.79 Å². The molecule has 0 bridgehead atoms. The van der Waals surface area contributed by atoms with Crippen molar-refractivity contribution in [3.05, 3.63) is 0 Å². The minimum atomic E-state index is -1.75. The van der Waals surface area contributed by atoms with E-state index in [0.29, 0.717) is 0 Å². The average Bonchev–Trinajstić information content (AvgIpc) is 1.80. The lowest BCUT2D eigenvalue weighted by Crippen LogP contribution is -2.31. The number of carboxylic acid groups (broad SMARTS) is 1. The smallest absolute Gasteiger partial charge is 0.374 e. The molecular formula is C6H12O4Si. The summed E-state index contributed by atoms with van der Waals surface area (Å²) in [5.74, 6) is -2.31. The summed E-state index contributed by atoms with van der Waals surface area (Å²) >= 11 is 0. The fourth-order valence-electron chi connectivity index (χ4n) is 0.344. The van der Waals surface area contributed by atoms with Gasteiger partial charge in [0.2, 0.25) is 0 Å². The van der Waals surface area contributed by atoms with Gasteiger partial charge in [-0.15, -0.1) is 0 Å². The molecule has 0 saturated heterocycles. The van der Waals surface area contributed by atoms with E-state index in [9.17, 15) is 9.59 Å². The number of carboxylic acids is 1. The van der Waals surface area contributed by atoms with Crippen molar-refractivity contribution in [2.75, 3.05) is 6.61 Å². The van der Waals surface area contributed by atoms with Crippen molar-refractivity contribution in [1.29, 1.82) is 0 Å². The summed E-state index contributed by atoms with van der Waals surface area (Å²) in [5.41, 5.74) is 0. The number of hydrogen-bond donors (Lipinski definition) is 1. The van der Waals surface area contributed by atoms with Gasteiger partial charge in [-0.05, 0) is 19.6 Å². The average molecular weight is 176 g/mol. The van der Waals surface area contributed by atoms with E-state index in [1.165, 1.54) is 0 Å². The molecule has 0 aliphatic heterocycles. The summed E-state index contributed by atoms with van der Waals surface area (Å²) < 4.78 is 5.06. The second-order valence-electron chi connectivity index (χ2n) is 3.13. The third-order valence-corrected chi connectivity index (χ3v) is 1.89. The molecule has 0 rings (SSSR count). The highest BCUT2D eigenvalue weighted by Crippen LogP contribution is 2.01. The van der Waals surface area contributed by atoms with Crippen LogP contribution in [0.2, 0.25) is 19.6 Å². The minimum Gasteiger partial charge on any atom is -0.475 e. The van der Waals surface area contributed by atoms with Crippen LogP contribution in [0.3, 0.4) is 0 Å². The molecule has 0 aromatic heterocycles. The summed E-state index contributed by atoms with van der Waals surface area (Å²) in [5, 5.41) is 8.16. The Morgan fingerprint density at radius 1 is 1.36 bits per heavy atom. The zero-order valence-corrected chi connectivity index (χ0v) is 7.88. The highest BCUT2D eigenvalue weighted by Gasteiger charge is 2.19. The molecule has 0 atom stereocenters. The van der Waals surface area contributed by atoms with Gasteiger partial charge in [0.15, 0.2) is 8.32 Å². The fourth-order valence-corrected chi connectivity index (χ4v) is 0.908. The Morgan fingerprint density at radius 2 is 1.82 bits per heavy atom. The summed E-state index contributed by atoms with van der Waals surface area (Å²) in [6, 6.07) is 0. The van der Waals surface area contributed by atoms with Crippen molar-refractivity contribution in [1.82, 2.24) is 0 Å². The molecule has 1 N–H and O–H groups in total. The molecule has 5 heteroatoms. The first-order valence-electron chi connectivity index (χ1n) is 3.23. The quantitative estimate of drug-likeness (QED) is 0.500. The van der Waals surface area contributed by atoms with Crippen LogP contribution in [0, 0.1) is 0 Å². The normalized spacial score (nSPS) is 11.2. The molecule has 4 nitrogen and oxygen atoms in total. The van der Waals surface area contributed by atoms with Gasteiger partial charge in [-0.2, -0.15) is 0 Å². The van der Waals surface area contributed by atoms with Crippen LogP contribution in [0.25, 0.3) is 0 Å². The lowest BCUT2D eigenvalue weighted by molar-refractivity contribution is -0.150. The summed E-state index contributed by atoms with van der Waals surface area (Å²) in [6.45, 7) is 5.37. The zero-order valence-electron chi connectivity index (χ0n) is 6.88. The van der Waals surface area contributed by atoms with Gasteiger partial charge in [-0.1, -0.05) is 0 Å². The molecule has 0 aromatic rings. The largest absolute Gasteiger partial charge is 0.475 e. The minimum absolute atomic E-state index is 0.301. The van der Waals surface area contributed by atoms with Crippen LogP contribution in [0.15, 0.2) is 0 Å². The van der Waals surface area contributed by atoms with Crippen LogP contribution in [0.5, 0.6) is 0 Å². The van der Waals surface area contributed by atoms with Crippen molar-refractivity contribution in [2.45, 2.75) is 19.6 Å². The second-order valence-corrected chi connectivity index (χ2v) is 7.64. The van der Waals surface area contributed by atoms with E-state index < -0.39 is 20.1 Å². The topological polar surface area (TPSA) is 63.6 Å². The number of ketones is 1. The molecule has 0 spiro atoms. The van der Waals surface area contributed by atoms with Crippen molar-refractivity contribution in [3.63, 3.8) is 0 Å². The highest BCUT2D eigenvalue weighted by atomic mass is 28.4. The third kappa shape index (κ3) is 5.75. The van der Waals surface area contributed by atoms with Gasteiger partial charge in [0.05, 0.1) is 0 Å². The Hall–Kier alpha value is -0.683. The van der Waals surface area contributed by atoms with E-state index in [4.69, 9.17) is 9.53 Å². The lowest BCUT2D eigenvalue weighted by Gasteiger charge is -2.14. The standard InChI is InChI=1S/C6H12O4Si/c1-11(2,3)10-4-5(7)6(8)9/h4H2,1-3H3,(H,8,9). The molecule has 11 heavy (non-hydrogen) atoms. The van der Waals surface area contributed by atoms with E-state index >= 15 is 0 Å². The predicted molar refractivity (Wildman–Crippen MR) is 41.9 cm³/mol. The fraction of sp³-hybridized carbons (Fsp3) is 0.667. The van der Waals surface area contributed by atoms with Gasteiger partial charge in [0, 0.05) is 0 Å². The van der Waals surface area contributed by atoms with E-state index in [2.05, 4.69) is 0 Å². The first-order chi connectivity index (χ1) is 4.83. The molecule has 0 radical (unpaired) electrons. The molecule has 0 aromatic carbocycles. The zero-order chi connectivity index (χ0) is 9.07. The van der Waals surface area contributed by atoms with E-state index in [1.54, 1.807) is 0 Å². The maximum atomic E-state index is 10.5. The van der Waals surface area contributed by atoms with Crippen LogP contribution < -0.4 is 0 Å². The van der Waals surface area contributed by atoms with Crippen LogP contribution in [-0.4, -0.2) is 31.8 Å². The van der Waals surface area contributed by atoms with Gasteiger partial charge in [-0.25, -0.2) is 4.79 Å². The molecule has 0 heterocycles. The first kappa shape index (κ1) is 10.3. The number of hydrogen-bond acceptors (Lipinski definition) is 3. The summed E-state index contributed by atoms with van der Waals surface area (Å²) in [6.07, 6.45) is 0. The van der Waals surface area contributed by atoms with Crippen molar-refractivity contribution >= 4 is 20.1 Å². The van der Waals surface area contributed by atoms with E-state index in [1.807, 2.05) is 19.6 Å². The lowest BCUT2D eigenvalue weighted by atomic mass is 10.4. The Labute approximate surface area is 66.3 Å². The number of carbonyl (C=O) groups excluding carboxylic acids is 1. The molecule has 0 fully saturated rings. The SMILES string of the molecule is C[Si](C)(C)OCC(=O)C(=O)O. The maximum absolute atomic E-state index is 10.5. The third-order valence-electron chi connectivity index (χ3n) is 0.875. The number of aliphatic carboxylic acids is 1. The second kappa shape index (κ2) is 3.63. The van der Waals surface area contributed by atoms with Gasteiger partial charge in [0.25, 0.3) is 5.78 Å². The molecule has 0 unspecified atom stereocenters. The molecule has 0 aliphatic carbocycles. The van der Waals surface area contributed by atoms with E-state index in [0.717, 1.165) is 0 Å². The van der Waals surface area contributed by atoms with Crippen LogP contribution in [0.1, 0.15) is 0 Å². The molecule has 0 saturated carbocycles. The molecular weight excluding hydrogens is 164 g/mol. The highest BCUT2D eigenvalue weighted by molar-refractivity contribution is 6.70. The summed E-state index contributed by atoms with van der Waals surface area (Å²) in [7, 11) is -1.75. The van der Waals surface area contributed by atoms with Gasteiger partial charge < -0.3 is 9.53 Å². The van der Waals surface area contributed by atoms with Crippen molar-refractivity contribution < 1.29 is 19.1 Å².